The van der Waals surface area contributed by atoms with Gasteiger partial charge in [-0.15, -0.1) is 0 Å². The summed E-state index contributed by atoms with van der Waals surface area (Å²) in [7, 11) is -3.82. The van der Waals surface area contributed by atoms with Crippen molar-refractivity contribution in [3.8, 4) is 28.6 Å². The lowest BCUT2D eigenvalue weighted by Crippen LogP contribution is -2.32. The van der Waals surface area contributed by atoms with Crippen molar-refractivity contribution in [3.63, 3.8) is 0 Å². The first-order valence-electron chi connectivity index (χ1n) is 13.0. The Morgan fingerprint density at radius 3 is 2.45 bits per heavy atom. The second-order valence-electron chi connectivity index (χ2n) is 10.2. The Kier molecular flexibility index (Phi) is 6.58. The number of benzene rings is 3. The van der Waals surface area contributed by atoms with Crippen LogP contribution in [0.5, 0.6) is 0 Å². The summed E-state index contributed by atoms with van der Waals surface area (Å²) in [5, 5.41) is 15.6. The van der Waals surface area contributed by atoms with Crippen molar-refractivity contribution in [3.05, 3.63) is 96.1 Å². The molecule has 0 saturated heterocycles. The number of hydrogen-bond donors (Lipinski definition) is 1. The van der Waals surface area contributed by atoms with Crippen molar-refractivity contribution in [2.75, 3.05) is 12.3 Å². The van der Waals surface area contributed by atoms with Gasteiger partial charge in [0.1, 0.15) is 23.1 Å². The number of anilines is 1. The van der Waals surface area contributed by atoms with Crippen LogP contribution in [0, 0.1) is 24.2 Å². The summed E-state index contributed by atoms with van der Waals surface area (Å²) in [6.07, 6.45) is 1.30. The van der Waals surface area contributed by atoms with Gasteiger partial charge < -0.3 is 5.73 Å². The van der Waals surface area contributed by atoms with E-state index in [0.29, 0.717) is 29.9 Å². The number of aromatic nitrogens is 3. The van der Waals surface area contributed by atoms with Gasteiger partial charge in [0.05, 0.1) is 28.8 Å². The van der Waals surface area contributed by atoms with E-state index in [4.69, 9.17) is 20.0 Å². The molecule has 6 rings (SSSR count). The molecule has 8 nitrogen and oxygen atoms in total. The van der Waals surface area contributed by atoms with Gasteiger partial charge in [-0.25, -0.2) is 9.67 Å². The van der Waals surface area contributed by atoms with E-state index in [1.807, 2.05) is 67.6 Å². The third kappa shape index (κ3) is 4.83. The molecular weight excluding hydrogens is 522 g/mol. The molecule has 5 aromatic rings. The van der Waals surface area contributed by atoms with Crippen molar-refractivity contribution in [2.45, 2.75) is 30.7 Å². The molecular formula is C31H27N5O3S. The lowest BCUT2D eigenvalue weighted by Gasteiger charge is -2.35. The molecule has 2 heterocycles. The summed E-state index contributed by atoms with van der Waals surface area (Å²) < 4.78 is 32.1. The Morgan fingerprint density at radius 2 is 1.73 bits per heavy atom. The maximum atomic E-state index is 12.5. The molecule has 2 N–H and O–H groups in total. The monoisotopic (exact) mass is 549 g/mol. The fourth-order valence-corrected chi connectivity index (χ4v) is 6.04. The topological polar surface area (TPSA) is 124 Å². The lowest BCUT2D eigenvalue weighted by molar-refractivity contribution is 0.122. The predicted octanol–water partition coefficient (Wildman–Crippen LogP) is 5.88. The Hall–Kier alpha value is -4.52. The molecule has 0 radical (unpaired) electrons. The van der Waals surface area contributed by atoms with Crippen molar-refractivity contribution < 1.29 is 12.6 Å². The number of rotatable bonds is 7. The van der Waals surface area contributed by atoms with Gasteiger partial charge in [-0.1, -0.05) is 66.2 Å². The highest BCUT2D eigenvalue weighted by Gasteiger charge is 2.35. The molecule has 40 heavy (non-hydrogen) atoms. The number of aryl methyl sites for hydroxylation is 1. The fourth-order valence-electron chi connectivity index (χ4n) is 5.07. The van der Waals surface area contributed by atoms with Crippen LogP contribution in [0.3, 0.4) is 0 Å². The molecule has 2 aromatic heterocycles. The third-order valence-corrected chi connectivity index (χ3v) is 8.72. The molecule has 1 fully saturated rings. The Morgan fingerprint density at radius 1 is 1.00 bits per heavy atom. The largest absolute Gasteiger partial charge is 0.383 e. The quantitative estimate of drug-likeness (QED) is 0.251. The second-order valence-corrected chi connectivity index (χ2v) is 11.8. The molecule has 0 unspecified atom stereocenters. The standard InChI is InChI=1S/C31H27N5O3S/c1-20-7-12-26(13-8-20)40(37,38)39-19-21-15-25(16-21)36-31(33)27(18-32)30(35-36)24-10-9-23-11-14-28(34-29(23)17-24)22-5-3-2-4-6-22/h2-14,17,21,25H,15-16,19,33H2,1H3. The summed E-state index contributed by atoms with van der Waals surface area (Å²) in [5.74, 6) is 0.351. The first kappa shape index (κ1) is 25.7. The van der Waals surface area contributed by atoms with Gasteiger partial charge in [0.15, 0.2) is 0 Å². The van der Waals surface area contributed by atoms with Crippen LogP contribution in [-0.4, -0.2) is 29.8 Å². The maximum Gasteiger partial charge on any atom is 0.296 e. The number of nitrogens with zero attached hydrogens (tertiary/aromatic N) is 4. The van der Waals surface area contributed by atoms with Crippen LogP contribution in [0.2, 0.25) is 0 Å². The fraction of sp³-hybridized carbons (Fsp3) is 0.194. The molecule has 200 valence electrons. The molecule has 1 aliphatic carbocycles. The first-order valence-corrected chi connectivity index (χ1v) is 14.4. The van der Waals surface area contributed by atoms with Crippen LogP contribution in [0.1, 0.15) is 30.0 Å². The van der Waals surface area contributed by atoms with E-state index in [9.17, 15) is 13.7 Å². The molecule has 0 amide bonds. The van der Waals surface area contributed by atoms with Crippen LogP contribution < -0.4 is 5.73 Å². The van der Waals surface area contributed by atoms with Crippen molar-refractivity contribution in [2.24, 2.45) is 5.92 Å². The number of nitrogen functional groups attached to an aromatic ring is 1. The number of hydrogen-bond acceptors (Lipinski definition) is 7. The molecule has 0 bridgehead atoms. The van der Waals surface area contributed by atoms with E-state index in [2.05, 4.69) is 6.07 Å². The Labute approximate surface area is 232 Å². The van der Waals surface area contributed by atoms with Crippen LogP contribution in [-0.2, 0) is 14.3 Å². The van der Waals surface area contributed by atoms with Gasteiger partial charge >= 0.3 is 0 Å². The van der Waals surface area contributed by atoms with Crippen molar-refractivity contribution in [1.82, 2.24) is 14.8 Å². The lowest BCUT2D eigenvalue weighted by atomic mass is 9.81. The highest BCUT2D eigenvalue weighted by Crippen LogP contribution is 2.41. The summed E-state index contributed by atoms with van der Waals surface area (Å²) in [6.45, 7) is 1.99. The minimum atomic E-state index is -3.82. The van der Waals surface area contributed by atoms with Gasteiger partial charge in [-0.05, 0) is 49.9 Å². The molecule has 1 saturated carbocycles. The Bertz CT molecular complexity index is 1850. The van der Waals surface area contributed by atoms with Crippen LogP contribution in [0.15, 0.2) is 89.8 Å². The average molecular weight is 550 g/mol. The van der Waals surface area contributed by atoms with Gasteiger partial charge in [0.25, 0.3) is 10.1 Å². The van der Waals surface area contributed by atoms with Crippen LogP contribution in [0.25, 0.3) is 33.4 Å². The highest BCUT2D eigenvalue weighted by atomic mass is 32.2. The Balaban J connectivity index is 1.20. The summed E-state index contributed by atoms with van der Waals surface area (Å²) in [6, 6.07) is 28.6. The van der Waals surface area contributed by atoms with Gasteiger partial charge in [-0.2, -0.15) is 18.8 Å². The average Bonchev–Trinajstić information content (AvgIpc) is 3.27. The minimum absolute atomic E-state index is 0.0419. The SMILES string of the molecule is Cc1ccc(S(=O)(=O)OCC2CC(n3nc(-c4ccc5ccc(-c6ccccc6)nc5c4)c(C#N)c3N)C2)cc1. The summed E-state index contributed by atoms with van der Waals surface area (Å²) in [5.41, 5.74) is 11.6. The second kappa shape index (κ2) is 10.2. The number of nitrogens with two attached hydrogens (primary N) is 1. The zero-order valence-electron chi connectivity index (χ0n) is 21.9. The highest BCUT2D eigenvalue weighted by molar-refractivity contribution is 7.86. The third-order valence-electron chi connectivity index (χ3n) is 7.42. The summed E-state index contributed by atoms with van der Waals surface area (Å²) in [4.78, 5) is 4.99. The number of pyridine rings is 1. The van der Waals surface area contributed by atoms with Crippen LogP contribution >= 0.6 is 0 Å². The van der Waals surface area contributed by atoms with E-state index in [1.165, 1.54) is 0 Å². The number of fused-ring (bicyclic) bond motifs is 1. The van der Waals surface area contributed by atoms with Crippen molar-refractivity contribution in [1.29, 1.82) is 5.26 Å². The zero-order valence-corrected chi connectivity index (χ0v) is 22.7. The van der Waals surface area contributed by atoms with Gasteiger partial charge in [0, 0.05) is 16.5 Å². The number of nitriles is 1. The molecule has 9 heteroatoms. The molecule has 0 atom stereocenters. The first-order chi connectivity index (χ1) is 19.3. The molecule has 0 spiro atoms. The zero-order chi connectivity index (χ0) is 27.9. The van der Waals surface area contributed by atoms with Gasteiger partial charge in [-0.3, -0.25) is 4.18 Å². The molecule has 1 aliphatic rings. The molecule has 3 aromatic carbocycles. The smallest absolute Gasteiger partial charge is 0.296 e. The van der Waals surface area contributed by atoms with Crippen molar-refractivity contribution >= 4 is 26.8 Å². The summed E-state index contributed by atoms with van der Waals surface area (Å²) >= 11 is 0. The van der Waals surface area contributed by atoms with E-state index < -0.39 is 10.1 Å². The minimum Gasteiger partial charge on any atom is -0.383 e. The van der Waals surface area contributed by atoms with E-state index in [-0.39, 0.29) is 23.5 Å². The van der Waals surface area contributed by atoms with E-state index in [0.717, 1.165) is 33.3 Å². The molecule has 0 aliphatic heterocycles. The normalized spacial score (nSPS) is 16.9. The van der Waals surface area contributed by atoms with Crippen LogP contribution in [0.4, 0.5) is 5.82 Å². The predicted molar refractivity (Wildman–Crippen MR) is 154 cm³/mol. The maximum absolute atomic E-state index is 12.5. The van der Waals surface area contributed by atoms with Gasteiger partial charge in [0.2, 0.25) is 0 Å². The van der Waals surface area contributed by atoms with E-state index >= 15 is 0 Å². The van der Waals surface area contributed by atoms with E-state index in [1.54, 1.807) is 28.9 Å².